The molecule has 1 aliphatic heterocycles. The molecule has 1 heterocycles. The molecule has 0 aliphatic carbocycles. The molecule has 0 fully saturated rings. The van der Waals surface area contributed by atoms with Crippen LogP contribution in [0.2, 0.25) is 0 Å². The Bertz CT molecular complexity index is 899. The smallest absolute Gasteiger partial charge is 0.294 e. The molecular weight excluding hydrogens is 354 g/mol. The third kappa shape index (κ3) is 6.20. The van der Waals surface area contributed by atoms with Crippen molar-refractivity contribution in [2.45, 2.75) is 11.8 Å². The van der Waals surface area contributed by atoms with Gasteiger partial charge in [-0.3, -0.25) is 9.55 Å². The van der Waals surface area contributed by atoms with E-state index >= 15 is 0 Å². The molecule has 0 bridgehead atoms. The third-order valence-electron chi connectivity index (χ3n) is 3.42. The van der Waals surface area contributed by atoms with Crippen LogP contribution in [0, 0.1) is 18.3 Å². The highest BCUT2D eigenvalue weighted by molar-refractivity contribution is 7.85. The summed E-state index contributed by atoms with van der Waals surface area (Å²) < 4.78 is 35.0. The minimum Gasteiger partial charge on any atom is -0.486 e. The van der Waals surface area contributed by atoms with Crippen LogP contribution >= 0.6 is 0 Å². The zero-order valence-electron chi connectivity index (χ0n) is 14.2. The molecule has 2 aromatic rings. The van der Waals surface area contributed by atoms with Gasteiger partial charge >= 0.3 is 0 Å². The van der Waals surface area contributed by atoms with Crippen molar-refractivity contribution in [1.82, 2.24) is 5.32 Å². The normalized spacial score (nSPS) is 12.9. The van der Waals surface area contributed by atoms with Crippen molar-refractivity contribution in [3.8, 4) is 11.8 Å². The molecule has 3 rings (SSSR count). The standard InChI is InChI=1S/C11H11N3O.C7H8O3S/c12-7-9-1-3-10(4-2-9)15-8-11-13-5-6-14-11;1-6-2-4-7(5-3-6)11(8,9)10/h1-4H,5-6,8H2,(H,13,14);2-5H,1H3,(H,8,9,10). The van der Waals surface area contributed by atoms with Gasteiger partial charge in [-0.25, -0.2) is 0 Å². The molecule has 2 N–H and O–H groups in total. The Morgan fingerprint density at radius 2 is 1.85 bits per heavy atom. The molecule has 8 heteroatoms. The highest BCUT2D eigenvalue weighted by Crippen LogP contribution is 2.11. The molecule has 0 aromatic heterocycles. The Hall–Kier alpha value is -2.89. The predicted octanol–water partition coefficient (Wildman–Crippen LogP) is 2.18. The summed E-state index contributed by atoms with van der Waals surface area (Å²) in [5, 5.41) is 11.7. The van der Waals surface area contributed by atoms with Gasteiger partial charge in [0.1, 0.15) is 18.2 Å². The number of nitrogens with zero attached hydrogens (tertiary/aromatic N) is 2. The molecule has 136 valence electrons. The molecule has 0 atom stereocenters. The van der Waals surface area contributed by atoms with Crippen molar-refractivity contribution in [2.24, 2.45) is 4.99 Å². The molecule has 1 aliphatic rings. The van der Waals surface area contributed by atoms with Gasteiger partial charge in [-0.05, 0) is 43.3 Å². The number of rotatable bonds is 4. The summed E-state index contributed by atoms with van der Waals surface area (Å²) in [6.07, 6.45) is 0. The maximum Gasteiger partial charge on any atom is 0.294 e. The Morgan fingerprint density at radius 1 is 1.19 bits per heavy atom. The lowest BCUT2D eigenvalue weighted by molar-refractivity contribution is 0.373. The Balaban J connectivity index is 0.000000197. The van der Waals surface area contributed by atoms with Crippen molar-refractivity contribution >= 4 is 16.0 Å². The van der Waals surface area contributed by atoms with Crippen LogP contribution in [0.15, 0.2) is 58.4 Å². The molecule has 7 nitrogen and oxygen atoms in total. The first-order chi connectivity index (χ1) is 12.4. The van der Waals surface area contributed by atoms with Gasteiger partial charge < -0.3 is 10.1 Å². The van der Waals surface area contributed by atoms with Gasteiger partial charge in [0.05, 0.1) is 23.1 Å². The van der Waals surface area contributed by atoms with Crippen molar-refractivity contribution in [3.05, 3.63) is 59.7 Å². The molecule has 0 spiro atoms. The molecular formula is C18H19N3O4S. The van der Waals surface area contributed by atoms with Crippen LogP contribution in [0.3, 0.4) is 0 Å². The van der Waals surface area contributed by atoms with Crippen molar-refractivity contribution in [1.29, 1.82) is 5.26 Å². The van der Waals surface area contributed by atoms with Crippen LogP contribution in [0.4, 0.5) is 0 Å². The van der Waals surface area contributed by atoms with E-state index in [0.29, 0.717) is 12.2 Å². The van der Waals surface area contributed by atoms with E-state index < -0.39 is 10.1 Å². The fourth-order valence-corrected chi connectivity index (χ4v) is 2.51. The lowest BCUT2D eigenvalue weighted by atomic mass is 10.2. The first-order valence-electron chi connectivity index (χ1n) is 7.83. The van der Waals surface area contributed by atoms with E-state index in [1.165, 1.54) is 12.1 Å². The second-order valence-electron chi connectivity index (χ2n) is 5.47. The van der Waals surface area contributed by atoms with Crippen LogP contribution in [-0.4, -0.2) is 38.5 Å². The summed E-state index contributed by atoms with van der Waals surface area (Å²) in [6.45, 7) is 4.03. The minimum atomic E-state index is -4.02. The number of hydrogen-bond donors (Lipinski definition) is 2. The highest BCUT2D eigenvalue weighted by atomic mass is 32.2. The second kappa shape index (κ2) is 8.99. The molecule has 0 saturated heterocycles. The average Bonchev–Trinajstić information content (AvgIpc) is 3.14. The molecule has 0 saturated carbocycles. The molecule has 0 unspecified atom stereocenters. The molecule has 2 aromatic carbocycles. The molecule has 26 heavy (non-hydrogen) atoms. The van der Waals surface area contributed by atoms with Gasteiger partial charge in [-0.2, -0.15) is 13.7 Å². The van der Waals surface area contributed by atoms with Gasteiger partial charge in [0.2, 0.25) is 0 Å². The van der Waals surface area contributed by atoms with Gasteiger partial charge in [0, 0.05) is 6.54 Å². The first-order valence-corrected chi connectivity index (χ1v) is 9.27. The number of nitriles is 1. The lowest BCUT2D eigenvalue weighted by Gasteiger charge is -2.05. The minimum absolute atomic E-state index is 0.0666. The molecule has 0 amide bonds. The van der Waals surface area contributed by atoms with Gasteiger partial charge in [-0.1, -0.05) is 17.7 Å². The van der Waals surface area contributed by atoms with Gasteiger partial charge in [0.15, 0.2) is 0 Å². The summed E-state index contributed by atoms with van der Waals surface area (Å²) in [5.41, 5.74) is 1.59. The zero-order valence-corrected chi connectivity index (χ0v) is 15.0. The second-order valence-corrected chi connectivity index (χ2v) is 6.89. The van der Waals surface area contributed by atoms with Crippen LogP contribution in [0.5, 0.6) is 5.75 Å². The summed E-state index contributed by atoms with van der Waals surface area (Å²) in [4.78, 5) is 4.15. The number of amidine groups is 1. The molecule has 0 radical (unpaired) electrons. The largest absolute Gasteiger partial charge is 0.486 e. The maximum absolute atomic E-state index is 10.5. The van der Waals surface area contributed by atoms with Crippen LogP contribution in [0.25, 0.3) is 0 Å². The number of aliphatic imine (C=N–C) groups is 1. The van der Waals surface area contributed by atoms with E-state index in [9.17, 15) is 8.42 Å². The summed E-state index contributed by atoms with van der Waals surface area (Å²) >= 11 is 0. The van der Waals surface area contributed by atoms with Crippen LogP contribution < -0.4 is 10.1 Å². The van der Waals surface area contributed by atoms with Crippen LogP contribution in [-0.2, 0) is 10.1 Å². The highest BCUT2D eigenvalue weighted by Gasteiger charge is 2.07. The predicted molar refractivity (Wildman–Crippen MR) is 98.0 cm³/mol. The van der Waals surface area contributed by atoms with E-state index in [1.807, 2.05) is 6.92 Å². The van der Waals surface area contributed by atoms with Crippen molar-refractivity contribution in [3.63, 3.8) is 0 Å². The van der Waals surface area contributed by atoms with Crippen LogP contribution in [0.1, 0.15) is 11.1 Å². The summed E-state index contributed by atoms with van der Waals surface area (Å²) in [6, 6.07) is 15.1. The third-order valence-corrected chi connectivity index (χ3v) is 4.29. The van der Waals surface area contributed by atoms with Crippen molar-refractivity contribution < 1.29 is 17.7 Å². The fraction of sp³-hybridized carbons (Fsp3) is 0.222. The first kappa shape index (κ1) is 19.4. The number of ether oxygens (including phenoxy) is 1. The number of hydrogen-bond acceptors (Lipinski definition) is 6. The van der Waals surface area contributed by atoms with E-state index in [-0.39, 0.29) is 4.90 Å². The van der Waals surface area contributed by atoms with E-state index in [1.54, 1.807) is 36.4 Å². The van der Waals surface area contributed by atoms with Gasteiger partial charge in [-0.15, -0.1) is 0 Å². The number of aryl methyl sites for hydroxylation is 1. The number of nitrogens with one attached hydrogen (secondary N) is 1. The SMILES string of the molecule is Cc1ccc(S(=O)(=O)O)cc1.N#Cc1ccc(OCC2=NCCN2)cc1. The van der Waals surface area contributed by atoms with Crippen molar-refractivity contribution in [2.75, 3.05) is 19.7 Å². The summed E-state index contributed by atoms with van der Waals surface area (Å²) in [5.74, 6) is 1.64. The topological polar surface area (TPSA) is 112 Å². The Kier molecular flexibility index (Phi) is 6.72. The Labute approximate surface area is 152 Å². The van der Waals surface area contributed by atoms with E-state index in [2.05, 4.69) is 16.4 Å². The fourth-order valence-electron chi connectivity index (χ4n) is 2.03. The number of benzene rings is 2. The van der Waals surface area contributed by atoms with E-state index in [4.69, 9.17) is 14.6 Å². The monoisotopic (exact) mass is 373 g/mol. The van der Waals surface area contributed by atoms with E-state index in [0.717, 1.165) is 30.2 Å². The quantitative estimate of drug-likeness (QED) is 0.795. The zero-order chi connectivity index (χ0) is 19.0. The average molecular weight is 373 g/mol. The summed E-state index contributed by atoms with van der Waals surface area (Å²) in [7, 11) is -4.02. The lowest BCUT2D eigenvalue weighted by Crippen LogP contribution is -2.24. The van der Waals surface area contributed by atoms with Gasteiger partial charge in [0.25, 0.3) is 10.1 Å². The Morgan fingerprint density at radius 3 is 2.35 bits per heavy atom. The maximum atomic E-state index is 10.5.